The van der Waals surface area contributed by atoms with Gasteiger partial charge >= 0.3 is 0 Å². The molecule has 0 atom stereocenters. The van der Waals surface area contributed by atoms with E-state index >= 15 is 0 Å². The predicted octanol–water partition coefficient (Wildman–Crippen LogP) is 1.98. The van der Waals surface area contributed by atoms with Crippen LogP contribution in [0.5, 0.6) is 5.75 Å². The lowest BCUT2D eigenvalue weighted by atomic mass is 10.3. The Kier molecular flexibility index (Phi) is 4.26. The molecule has 0 aliphatic rings. The van der Waals surface area contributed by atoms with Crippen molar-refractivity contribution in [3.05, 3.63) is 29.3 Å². The van der Waals surface area contributed by atoms with Crippen molar-refractivity contribution in [3.63, 3.8) is 0 Å². The number of carbonyl (C=O) groups excluding carboxylic acids is 1. The molecule has 0 saturated carbocycles. The van der Waals surface area contributed by atoms with Gasteiger partial charge in [-0.05, 0) is 24.6 Å². The van der Waals surface area contributed by atoms with E-state index in [1.807, 2.05) is 12.1 Å². The van der Waals surface area contributed by atoms with Crippen molar-refractivity contribution >= 4 is 17.5 Å². The highest BCUT2D eigenvalue weighted by Gasteiger charge is 1.96. The van der Waals surface area contributed by atoms with E-state index in [1.54, 1.807) is 12.1 Å². The van der Waals surface area contributed by atoms with Crippen molar-refractivity contribution in [2.45, 2.75) is 12.8 Å². The first kappa shape index (κ1) is 10.9. The van der Waals surface area contributed by atoms with Gasteiger partial charge in [0, 0.05) is 11.4 Å². The molecular weight excluding hydrogens is 202 g/mol. The summed E-state index contributed by atoms with van der Waals surface area (Å²) in [5.41, 5.74) is 4.98. The fourth-order valence-corrected chi connectivity index (χ4v) is 1.17. The Morgan fingerprint density at radius 2 is 2.29 bits per heavy atom. The first-order valence-corrected chi connectivity index (χ1v) is 4.73. The lowest BCUT2D eigenvalue weighted by Gasteiger charge is -2.04. The molecule has 76 valence electrons. The summed E-state index contributed by atoms with van der Waals surface area (Å²) in [6, 6.07) is 7.13. The lowest BCUT2D eigenvalue weighted by molar-refractivity contribution is -0.118. The van der Waals surface area contributed by atoms with Crippen molar-refractivity contribution in [2.24, 2.45) is 5.73 Å². The van der Waals surface area contributed by atoms with Crippen molar-refractivity contribution in [1.82, 2.24) is 0 Å². The Hall–Kier alpha value is -1.22. The average molecular weight is 214 g/mol. The van der Waals surface area contributed by atoms with E-state index in [4.69, 9.17) is 22.1 Å². The number of rotatable bonds is 5. The summed E-state index contributed by atoms with van der Waals surface area (Å²) in [4.78, 5) is 10.4. The van der Waals surface area contributed by atoms with Crippen molar-refractivity contribution in [2.75, 3.05) is 6.61 Å². The van der Waals surface area contributed by atoms with Gasteiger partial charge in [0.2, 0.25) is 5.91 Å². The zero-order chi connectivity index (χ0) is 10.4. The van der Waals surface area contributed by atoms with Crippen LogP contribution in [0.25, 0.3) is 0 Å². The molecule has 0 spiro atoms. The van der Waals surface area contributed by atoms with Crippen LogP contribution in [0.2, 0.25) is 5.02 Å². The maximum absolute atomic E-state index is 10.4. The van der Waals surface area contributed by atoms with Crippen molar-refractivity contribution in [1.29, 1.82) is 0 Å². The van der Waals surface area contributed by atoms with E-state index in [-0.39, 0.29) is 5.91 Å². The van der Waals surface area contributed by atoms with Gasteiger partial charge in [0.15, 0.2) is 0 Å². The van der Waals surface area contributed by atoms with Gasteiger partial charge in [0.05, 0.1) is 6.61 Å². The minimum Gasteiger partial charge on any atom is -0.494 e. The third-order valence-corrected chi connectivity index (χ3v) is 1.87. The first-order valence-electron chi connectivity index (χ1n) is 4.35. The summed E-state index contributed by atoms with van der Waals surface area (Å²) in [6.07, 6.45) is 0.975. The van der Waals surface area contributed by atoms with Crippen molar-refractivity contribution < 1.29 is 9.53 Å². The lowest BCUT2D eigenvalue weighted by Crippen LogP contribution is -2.11. The number of nitrogens with two attached hydrogens (primary N) is 1. The highest BCUT2D eigenvalue weighted by atomic mass is 35.5. The van der Waals surface area contributed by atoms with Gasteiger partial charge in [-0.25, -0.2) is 0 Å². The number of primary amides is 1. The van der Waals surface area contributed by atoms with E-state index in [0.717, 1.165) is 0 Å². The molecule has 1 aromatic carbocycles. The molecule has 0 aromatic heterocycles. The van der Waals surface area contributed by atoms with Crippen LogP contribution in [0.3, 0.4) is 0 Å². The molecule has 2 N–H and O–H groups in total. The van der Waals surface area contributed by atoms with Gasteiger partial charge in [0.1, 0.15) is 5.75 Å². The quantitative estimate of drug-likeness (QED) is 0.761. The third kappa shape index (κ3) is 4.14. The first-order chi connectivity index (χ1) is 6.68. The van der Waals surface area contributed by atoms with Crippen LogP contribution < -0.4 is 10.5 Å². The number of amides is 1. The summed E-state index contributed by atoms with van der Waals surface area (Å²) >= 11 is 5.75. The Morgan fingerprint density at radius 3 is 2.93 bits per heavy atom. The Morgan fingerprint density at radius 1 is 1.50 bits per heavy atom. The van der Waals surface area contributed by atoms with E-state index in [1.165, 1.54) is 0 Å². The number of carbonyl (C=O) groups is 1. The number of hydrogen-bond donors (Lipinski definition) is 1. The summed E-state index contributed by atoms with van der Waals surface area (Å²) in [5.74, 6) is 0.404. The van der Waals surface area contributed by atoms with Gasteiger partial charge in [0.25, 0.3) is 0 Å². The van der Waals surface area contributed by atoms with Gasteiger partial charge < -0.3 is 10.5 Å². The molecule has 0 fully saturated rings. The van der Waals surface area contributed by atoms with Crippen LogP contribution in [-0.2, 0) is 4.79 Å². The van der Waals surface area contributed by atoms with E-state index < -0.39 is 0 Å². The summed E-state index contributed by atoms with van der Waals surface area (Å²) in [6.45, 7) is 0.475. The second-order valence-corrected chi connectivity index (χ2v) is 3.31. The maximum atomic E-state index is 10.4. The summed E-state index contributed by atoms with van der Waals surface area (Å²) in [7, 11) is 0. The molecular formula is C10H12ClNO2. The zero-order valence-corrected chi connectivity index (χ0v) is 8.46. The van der Waals surface area contributed by atoms with E-state index in [2.05, 4.69) is 0 Å². The number of halogens is 1. The Bertz CT molecular complexity index is 315. The number of benzene rings is 1. The molecule has 1 amide bonds. The molecule has 1 aromatic rings. The topological polar surface area (TPSA) is 52.3 Å². The molecule has 0 saturated heterocycles. The molecule has 4 heteroatoms. The highest BCUT2D eigenvalue weighted by molar-refractivity contribution is 6.30. The number of hydrogen-bond acceptors (Lipinski definition) is 2. The largest absolute Gasteiger partial charge is 0.494 e. The molecule has 1 rings (SSSR count). The maximum Gasteiger partial charge on any atom is 0.217 e. The van der Waals surface area contributed by atoms with Crippen LogP contribution in [0.4, 0.5) is 0 Å². The molecule has 0 unspecified atom stereocenters. The molecule has 0 bridgehead atoms. The molecule has 0 aliphatic heterocycles. The van der Waals surface area contributed by atoms with Crippen LogP contribution in [0, 0.1) is 0 Å². The standard InChI is InChI=1S/C10H12ClNO2/c11-8-3-1-4-9(7-8)14-6-2-5-10(12)13/h1,3-4,7H,2,5-6H2,(H2,12,13). The Labute approximate surface area is 87.8 Å². The molecule has 0 aliphatic carbocycles. The summed E-state index contributed by atoms with van der Waals surface area (Å²) < 4.78 is 5.34. The monoisotopic (exact) mass is 213 g/mol. The minimum atomic E-state index is -0.306. The minimum absolute atomic E-state index is 0.306. The van der Waals surface area contributed by atoms with E-state index in [0.29, 0.717) is 30.2 Å². The Balaban J connectivity index is 2.28. The van der Waals surface area contributed by atoms with Crippen LogP contribution in [0.1, 0.15) is 12.8 Å². The van der Waals surface area contributed by atoms with Gasteiger partial charge in [-0.3, -0.25) is 4.79 Å². The van der Waals surface area contributed by atoms with Crippen LogP contribution in [-0.4, -0.2) is 12.5 Å². The van der Waals surface area contributed by atoms with Crippen LogP contribution in [0.15, 0.2) is 24.3 Å². The molecule has 0 heterocycles. The SMILES string of the molecule is NC(=O)CCCOc1cccc(Cl)c1. The van der Waals surface area contributed by atoms with Gasteiger partial charge in [-0.1, -0.05) is 17.7 Å². The fraction of sp³-hybridized carbons (Fsp3) is 0.300. The summed E-state index contributed by atoms with van der Waals surface area (Å²) in [5, 5.41) is 0.636. The second-order valence-electron chi connectivity index (χ2n) is 2.88. The van der Waals surface area contributed by atoms with Gasteiger partial charge in [-0.15, -0.1) is 0 Å². The fourth-order valence-electron chi connectivity index (χ4n) is 0.993. The average Bonchev–Trinajstić information content (AvgIpc) is 2.12. The second kappa shape index (κ2) is 5.50. The normalized spacial score (nSPS) is 9.79. The van der Waals surface area contributed by atoms with Crippen molar-refractivity contribution in [3.8, 4) is 5.75 Å². The van der Waals surface area contributed by atoms with Crippen LogP contribution >= 0.6 is 11.6 Å². The molecule has 0 radical (unpaired) electrons. The van der Waals surface area contributed by atoms with E-state index in [9.17, 15) is 4.79 Å². The zero-order valence-electron chi connectivity index (χ0n) is 7.70. The molecule has 3 nitrogen and oxygen atoms in total. The number of ether oxygens (including phenoxy) is 1. The molecule has 14 heavy (non-hydrogen) atoms. The third-order valence-electron chi connectivity index (χ3n) is 1.63. The predicted molar refractivity (Wildman–Crippen MR) is 55.4 cm³/mol. The smallest absolute Gasteiger partial charge is 0.217 e. The highest BCUT2D eigenvalue weighted by Crippen LogP contribution is 2.17. The van der Waals surface area contributed by atoms with Gasteiger partial charge in [-0.2, -0.15) is 0 Å².